The molecular formula is C29H37N5O6. The van der Waals surface area contributed by atoms with Crippen LogP contribution in [0.15, 0.2) is 60.8 Å². The smallest absolute Gasteiger partial charge is 0.328 e. The number of para-hydroxylation sites is 1. The summed E-state index contributed by atoms with van der Waals surface area (Å²) >= 11 is 0. The molecule has 0 bridgehead atoms. The number of carbonyl (C=O) groups is 4. The molecule has 0 spiro atoms. The summed E-state index contributed by atoms with van der Waals surface area (Å²) < 4.78 is 0. The first-order valence-corrected chi connectivity index (χ1v) is 13.2. The average molecular weight is 552 g/mol. The van der Waals surface area contributed by atoms with Crippen molar-refractivity contribution < 1.29 is 29.4 Å². The maximum atomic E-state index is 13.5. The maximum absolute atomic E-state index is 13.5. The first-order valence-electron chi connectivity index (χ1n) is 13.2. The fraction of sp³-hybridized carbons (Fsp3) is 0.379. The van der Waals surface area contributed by atoms with Gasteiger partial charge in [0, 0.05) is 23.5 Å². The summed E-state index contributed by atoms with van der Waals surface area (Å²) in [6.07, 6.45) is 2.59. The molecule has 0 aliphatic heterocycles. The van der Waals surface area contributed by atoms with Crippen LogP contribution in [-0.4, -0.2) is 69.7 Å². The second kappa shape index (κ2) is 14.2. The number of nitrogens with two attached hydrogens (primary N) is 1. The van der Waals surface area contributed by atoms with E-state index >= 15 is 0 Å². The van der Waals surface area contributed by atoms with Gasteiger partial charge in [0.05, 0.1) is 12.6 Å². The number of carbonyl (C=O) groups excluding carboxylic acids is 3. The van der Waals surface area contributed by atoms with Crippen molar-refractivity contribution in [3.8, 4) is 0 Å². The van der Waals surface area contributed by atoms with Crippen molar-refractivity contribution in [3.05, 3.63) is 71.9 Å². The molecule has 11 heteroatoms. The van der Waals surface area contributed by atoms with Crippen molar-refractivity contribution in [2.24, 2.45) is 11.7 Å². The Morgan fingerprint density at radius 1 is 0.875 bits per heavy atom. The lowest BCUT2D eigenvalue weighted by atomic mass is 9.96. The van der Waals surface area contributed by atoms with E-state index in [2.05, 4.69) is 20.9 Å². The topological polar surface area (TPSA) is 187 Å². The first-order chi connectivity index (χ1) is 19.1. The molecule has 3 aromatic rings. The summed E-state index contributed by atoms with van der Waals surface area (Å²) in [5, 5.41) is 27.3. The zero-order valence-corrected chi connectivity index (χ0v) is 22.6. The lowest BCUT2D eigenvalue weighted by Gasteiger charge is -2.28. The van der Waals surface area contributed by atoms with Gasteiger partial charge in [-0.25, -0.2) is 4.79 Å². The van der Waals surface area contributed by atoms with Crippen molar-refractivity contribution in [1.29, 1.82) is 0 Å². The Hall–Kier alpha value is -4.22. The van der Waals surface area contributed by atoms with Crippen LogP contribution in [0.5, 0.6) is 0 Å². The number of carboxylic acids is 1. The normalized spacial score (nSPS) is 14.9. The van der Waals surface area contributed by atoms with Gasteiger partial charge in [0.2, 0.25) is 17.7 Å². The van der Waals surface area contributed by atoms with E-state index in [1.807, 2.05) is 61.5 Å². The molecule has 0 aliphatic rings. The van der Waals surface area contributed by atoms with E-state index in [9.17, 15) is 29.4 Å². The predicted molar refractivity (Wildman–Crippen MR) is 150 cm³/mol. The highest BCUT2D eigenvalue weighted by Gasteiger charge is 2.33. The van der Waals surface area contributed by atoms with Gasteiger partial charge in [-0.05, 0) is 29.5 Å². The van der Waals surface area contributed by atoms with E-state index in [1.165, 1.54) is 0 Å². The van der Waals surface area contributed by atoms with Crippen LogP contribution in [0, 0.1) is 5.92 Å². The largest absolute Gasteiger partial charge is 0.480 e. The van der Waals surface area contributed by atoms with Crippen LogP contribution in [-0.2, 0) is 32.0 Å². The quantitative estimate of drug-likeness (QED) is 0.155. The molecule has 1 aromatic heterocycles. The van der Waals surface area contributed by atoms with E-state index in [0.29, 0.717) is 6.42 Å². The highest BCUT2D eigenvalue weighted by Crippen LogP contribution is 2.20. The maximum Gasteiger partial charge on any atom is 0.328 e. The van der Waals surface area contributed by atoms with Crippen LogP contribution in [0.25, 0.3) is 10.9 Å². The highest BCUT2D eigenvalue weighted by molar-refractivity contribution is 5.95. The van der Waals surface area contributed by atoms with Gasteiger partial charge in [-0.2, -0.15) is 0 Å². The number of H-pyrrole nitrogens is 1. The molecule has 3 amide bonds. The number of aliphatic hydroxyl groups excluding tert-OH is 1. The molecule has 0 saturated carbocycles. The summed E-state index contributed by atoms with van der Waals surface area (Å²) in [4.78, 5) is 54.2. The first kappa shape index (κ1) is 30.3. The van der Waals surface area contributed by atoms with Gasteiger partial charge in [-0.15, -0.1) is 0 Å². The minimum absolute atomic E-state index is 0.0358. The third kappa shape index (κ3) is 7.90. The van der Waals surface area contributed by atoms with Gasteiger partial charge >= 0.3 is 5.97 Å². The Morgan fingerprint density at radius 3 is 2.17 bits per heavy atom. The number of benzene rings is 2. The van der Waals surface area contributed by atoms with Crippen LogP contribution in [0.4, 0.5) is 0 Å². The van der Waals surface area contributed by atoms with Gasteiger partial charge in [0.15, 0.2) is 0 Å². The Morgan fingerprint density at radius 2 is 1.52 bits per heavy atom. The van der Waals surface area contributed by atoms with Gasteiger partial charge < -0.3 is 36.9 Å². The number of hydrogen-bond acceptors (Lipinski definition) is 6. The zero-order valence-electron chi connectivity index (χ0n) is 22.6. The van der Waals surface area contributed by atoms with Crippen LogP contribution < -0.4 is 21.7 Å². The number of carboxylic acid groups (broad SMARTS) is 1. The number of aliphatic hydroxyl groups is 1. The second-order valence-corrected chi connectivity index (χ2v) is 9.87. The third-order valence-corrected chi connectivity index (χ3v) is 6.96. The zero-order chi connectivity index (χ0) is 29.2. The number of amides is 3. The summed E-state index contributed by atoms with van der Waals surface area (Å²) in [7, 11) is 0. The minimum Gasteiger partial charge on any atom is -0.480 e. The van der Waals surface area contributed by atoms with Crippen molar-refractivity contribution in [1.82, 2.24) is 20.9 Å². The van der Waals surface area contributed by atoms with Gasteiger partial charge in [0.1, 0.15) is 18.1 Å². The van der Waals surface area contributed by atoms with E-state index < -0.39 is 54.5 Å². The molecule has 40 heavy (non-hydrogen) atoms. The molecular weight excluding hydrogens is 514 g/mol. The van der Waals surface area contributed by atoms with Gasteiger partial charge in [0.25, 0.3) is 0 Å². The molecule has 2 aromatic carbocycles. The molecule has 5 unspecified atom stereocenters. The standard InChI is InChI=1S/C29H37N5O6/c1-3-17(2)25(34-26(36)21(30)13-18-9-5-4-6-10-18)28(38)32-23(27(37)33-24(16-35)29(39)40)14-19-15-31-22-12-8-7-11-20(19)22/h4-12,15,17,21,23-25,31,35H,3,13-14,16,30H2,1-2H3,(H,32,38)(H,33,37)(H,34,36)(H,39,40). The third-order valence-electron chi connectivity index (χ3n) is 6.96. The van der Waals surface area contributed by atoms with Gasteiger partial charge in [-0.1, -0.05) is 68.8 Å². The lowest BCUT2D eigenvalue weighted by Crippen LogP contribution is -2.59. The molecule has 5 atom stereocenters. The molecule has 0 fully saturated rings. The summed E-state index contributed by atoms with van der Waals surface area (Å²) in [5.74, 6) is -3.60. The molecule has 1 heterocycles. The van der Waals surface area contributed by atoms with E-state index in [4.69, 9.17) is 5.73 Å². The van der Waals surface area contributed by atoms with Crippen LogP contribution >= 0.6 is 0 Å². The molecule has 8 N–H and O–H groups in total. The van der Waals surface area contributed by atoms with Crippen molar-refractivity contribution in [3.63, 3.8) is 0 Å². The minimum atomic E-state index is -1.55. The number of fused-ring (bicyclic) bond motifs is 1. The number of aromatic amines is 1. The molecule has 0 aliphatic carbocycles. The SMILES string of the molecule is CCC(C)C(NC(=O)C(N)Cc1ccccc1)C(=O)NC(Cc1c[nH]c2ccccc12)C(=O)NC(CO)C(=O)O. The number of nitrogens with one attached hydrogen (secondary N) is 4. The molecule has 214 valence electrons. The van der Waals surface area contributed by atoms with E-state index in [0.717, 1.165) is 22.0 Å². The van der Waals surface area contributed by atoms with Crippen molar-refractivity contribution >= 4 is 34.6 Å². The summed E-state index contributed by atoms with van der Waals surface area (Å²) in [6.45, 7) is 2.85. The van der Waals surface area contributed by atoms with Crippen molar-refractivity contribution in [2.75, 3.05) is 6.61 Å². The van der Waals surface area contributed by atoms with Gasteiger partial charge in [-0.3, -0.25) is 14.4 Å². The Labute approximate surface area is 232 Å². The monoisotopic (exact) mass is 551 g/mol. The Balaban J connectivity index is 1.81. The lowest BCUT2D eigenvalue weighted by molar-refractivity contribution is -0.143. The van der Waals surface area contributed by atoms with Crippen LogP contribution in [0.2, 0.25) is 0 Å². The van der Waals surface area contributed by atoms with Crippen LogP contribution in [0.1, 0.15) is 31.4 Å². The number of hydrogen-bond donors (Lipinski definition) is 7. The molecule has 0 radical (unpaired) electrons. The predicted octanol–water partition coefficient (Wildman–Crippen LogP) is 0.858. The van der Waals surface area contributed by atoms with Crippen LogP contribution in [0.3, 0.4) is 0 Å². The Bertz CT molecular complexity index is 1310. The summed E-state index contributed by atoms with van der Waals surface area (Å²) in [6, 6.07) is 12.1. The average Bonchev–Trinajstić information content (AvgIpc) is 3.36. The molecule has 0 saturated heterocycles. The second-order valence-electron chi connectivity index (χ2n) is 9.87. The summed E-state index contributed by atoms with van der Waals surface area (Å²) in [5.41, 5.74) is 8.57. The fourth-order valence-electron chi connectivity index (χ4n) is 4.37. The Kier molecular flexibility index (Phi) is 10.8. The number of aromatic nitrogens is 1. The number of rotatable bonds is 14. The fourth-order valence-corrected chi connectivity index (χ4v) is 4.37. The van der Waals surface area contributed by atoms with Crippen molar-refractivity contribution in [2.45, 2.75) is 57.3 Å². The molecule has 3 rings (SSSR count). The molecule has 11 nitrogen and oxygen atoms in total. The van der Waals surface area contributed by atoms with E-state index in [-0.39, 0.29) is 18.8 Å². The highest BCUT2D eigenvalue weighted by atomic mass is 16.4. The van der Waals surface area contributed by atoms with E-state index in [1.54, 1.807) is 13.1 Å². The number of aliphatic carboxylic acids is 1.